The highest BCUT2D eigenvalue weighted by Crippen LogP contribution is 2.19. The van der Waals surface area contributed by atoms with Crippen LogP contribution in [-0.2, 0) is 13.0 Å². The number of rotatable bonds is 7. The number of quaternary nitrogens is 2. The minimum atomic E-state index is -0.251. The van der Waals surface area contributed by atoms with Crippen molar-refractivity contribution in [1.82, 2.24) is 0 Å². The molecule has 1 aromatic carbocycles. The lowest BCUT2D eigenvalue weighted by molar-refractivity contribution is -0.934. The molecule has 0 aliphatic carbocycles. The van der Waals surface area contributed by atoms with E-state index in [9.17, 15) is 4.79 Å². The first-order chi connectivity index (χ1) is 13.2. The van der Waals surface area contributed by atoms with Gasteiger partial charge in [0.15, 0.2) is 6.04 Å². The molecular weight excluding hydrogens is 356 g/mol. The van der Waals surface area contributed by atoms with E-state index in [0.717, 1.165) is 30.5 Å². The smallest absolute Gasteiger partial charge is 0.336 e. The fourth-order valence-electron chi connectivity index (χ4n) is 4.22. The van der Waals surface area contributed by atoms with E-state index in [4.69, 9.17) is 4.42 Å². The van der Waals surface area contributed by atoms with Gasteiger partial charge in [0.25, 0.3) is 0 Å². The number of nitrogens with two attached hydrogens (primary N) is 1. The molecule has 27 heavy (non-hydrogen) atoms. The summed E-state index contributed by atoms with van der Waals surface area (Å²) in [5.41, 5.74) is 2.73. The van der Waals surface area contributed by atoms with E-state index in [2.05, 4.69) is 41.9 Å². The fourth-order valence-corrected chi connectivity index (χ4v) is 5.12. The molecule has 5 heteroatoms. The second kappa shape index (κ2) is 8.38. The van der Waals surface area contributed by atoms with Crippen molar-refractivity contribution in [3.63, 3.8) is 0 Å². The summed E-state index contributed by atoms with van der Waals surface area (Å²) in [6.45, 7) is 6.51. The van der Waals surface area contributed by atoms with Gasteiger partial charge in [-0.05, 0) is 29.5 Å². The molecule has 3 aromatic rings. The molecule has 142 valence electrons. The quantitative estimate of drug-likeness (QED) is 0.612. The SMILES string of the molecule is CCc1ccc2c(C[NH2+]C[C@@H](c3cccs3)[NH+]3CCCC3)cc(=O)oc2c1. The molecule has 1 atom stereocenters. The second-order valence-corrected chi connectivity index (χ2v) is 8.42. The Kier molecular flexibility index (Phi) is 5.72. The topological polar surface area (TPSA) is 51.3 Å². The Labute approximate surface area is 163 Å². The monoisotopic (exact) mass is 384 g/mol. The van der Waals surface area contributed by atoms with Crippen molar-refractivity contribution in [2.45, 2.75) is 38.8 Å². The van der Waals surface area contributed by atoms with E-state index in [-0.39, 0.29) is 5.63 Å². The molecule has 0 amide bonds. The average Bonchev–Trinajstić information content (AvgIpc) is 3.38. The molecule has 3 heterocycles. The normalized spacial score (nSPS) is 16.2. The van der Waals surface area contributed by atoms with Crippen molar-refractivity contribution in [3.8, 4) is 0 Å². The highest BCUT2D eigenvalue weighted by Gasteiger charge is 2.29. The van der Waals surface area contributed by atoms with Crippen molar-refractivity contribution < 1.29 is 14.6 Å². The molecule has 0 bridgehead atoms. The van der Waals surface area contributed by atoms with Crippen LogP contribution in [0.25, 0.3) is 11.0 Å². The largest absolute Gasteiger partial charge is 0.423 e. The Hall–Kier alpha value is -1.95. The van der Waals surface area contributed by atoms with Crippen LogP contribution in [0.5, 0.6) is 0 Å². The lowest BCUT2D eigenvalue weighted by Crippen LogP contribution is -3.13. The maximum Gasteiger partial charge on any atom is 0.336 e. The molecule has 1 aliphatic heterocycles. The highest BCUT2D eigenvalue weighted by atomic mass is 32.1. The van der Waals surface area contributed by atoms with Gasteiger partial charge in [0.2, 0.25) is 0 Å². The van der Waals surface area contributed by atoms with Crippen LogP contribution >= 0.6 is 11.3 Å². The molecule has 1 saturated heterocycles. The number of benzene rings is 1. The Bertz CT molecular complexity index is 943. The third-order valence-electron chi connectivity index (χ3n) is 5.69. The first-order valence-electron chi connectivity index (χ1n) is 10.00. The van der Waals surface area contributed by atoms with Crippen LogP contribution < -0.4 is 15.8 Å². The van der Waals surface area contributed by atoms with Gasteiger partial charge >= 0.3 is 5.63 Å². The van der Waals surface area contributed by atoms with Gasteiger partial charge in [-0.15, -0.1) is 11.3 Å². The van der Waals surface area contributed by atoms with Crippen LogP contribution in [0.4, 0.5) is 0 Å². The molecule has 0 saturated carbocycles. The number of aryl methyl sites for hydroxylation is 1. The molecule has 4 rings (SSSR count). The third kappa shape index (κ3) is 4.15. The van der Waals surface area contributed by atoms with Gasteiger partial charge in [0, 0.05) is 29.9 Å². The Balaban J connectivity index is 1.51. The maximum absolute atomic E-state index is 12.0. The summed E-state index contributed by atoms with van der Waals surface area (Å²) in [6, 6.07) is 12.9. The molecule has 1 fully saturated rings. The number of likely N-dealkylation sites (tertiary alicyclic amines) is 1. The Morgan fingerprint density at radius 1 is 1.22 bits per heavy atom. The standard InChI is InChI=1S/C22H26N2O2S/c1-2-16-7-8-18-17(13-22(25)26-20(18)12-16)14-23-15-19(21-6-5-11-27-21)24-9-3-4-10-24/h5-8,11-13,19,23H,2-4,9-10,14-15H2,1H3/p+2/t19-/m0/s1. The van der Waals surface area contributed by atoms with E-state index in [1.807, 2.05) is 17.4 Å². The van der Waals surface area contributed by atoms with Gasteiger partial charge in [-0.1, -0.05) is 25.1 Å². The number of hydrogen-bond donors (Lipinski definition) is 2. The predicted molar refractivity (Wildman–Crippen MR) is 109 cm³/mol. The van der Waals surface area contributed by atoms with E-state index in [1.165, 1.54) is 36.4 Å². The zero-order valence-corrected chi connectivity index (χ0v) is 16.7. The number of nitrogens with one attached hydrogen (secondary N) is 1. The van der Waals surface area contributed by atoms with Crippen LogP contribution in [0.2, 0.25) is 0 Å². The van der Waals surface area contributed by atoms with Gasteiger partial charge in [-0.25, -0.2) is 4.79 Å². The van der Waals surface area contributed by atoms with Crippen molar-refractivity contribution >= 4 is 22.3 Å². The van der Waals surface area contributed by atoms with Crippen LogP contribution in [0, 0.1) is 0 Å². The Morgan fingerprint density at radius 3 is 2.81 bits per heavy atom. The van der Waals surface area contributed by atoms with Crippen LogP contribution in [-0.4, -0.2) is 19.6 Å². The van der Waals surface area contributed by atoms with Crippen molar-refractivity contribution in [3.05, 3.63) is 68.2 Å². The van der Waals surface area contributed by atoms with Gasteiger partial charge in [-0.3, -0.25) is 0 Å². The minimum Gasteiger partial charge on any atom is -0.423 e. The predicted octanol–water partition coefficient (Wildman–Crippen LogP) is 1.90. The van der Waals surface area contributed by atoms with E-state index in [0.29, 0.717) is 11.6 Å². The number of fused-ring (bicyclic) bond motifs is 1. The van der Waals surface area contributed by atoms with Crippen LogP contribution in [0.1, 0.15) is 41.8 Å². The Morgan fingerprint density at radius 2 is 2.07 bits per heavy atom. The zero-order chi connectivity index (χ0) is 18.6. The van der Waals surface area contributed by atoms with Crippen LogP contribution in [0.15, 0.2) is 51.0 Å². The van der Waals surface area contributed by atoms with Gasteiger partial charge in [-0.2, -0.15) is 0 Å². The van der Waals surface area contributed by atoms with Crippen molar-refractivity contribution in [2.24, 2.45) is 0 Å². The van der Waals surface area contributed by atoms with E-state index >= 15 is 0 Å². The summed E-state index contributed by atoms with van der Waals surface area (Å²) < 4.78 is 5.44. The molecular formula is C22H28N2O2S+2. The summed E-state index contributed by atoms with van der Waals surface area (Å²) in [5, 5.41) is 5.60. The number of thiophene rings is 1. The van der Waals surface area contributed by atoms with Crippen LogP contribution in [0.3, 0.4) is 0 Å². The summed E-state index contributed by atoms with van der Waals surface area (Å²) in [7, 11) is 0. The first kappa shape index (κ1) is 18.4. The summed E-state index contributed by atoms with van der Waals surface area (Å²) in [6.07, 6.45) is 3.61. The first-order valence-corrected chi connectivity index (χ1v) is 10.9. The lowest BCUT2D eigenvalue weighted by atomic mass is 10.1. The second-order valence-electron chi connectivity index (χ2n) is 7.44. The summed E-state index contributed by atoms with van der Waals surface area (Å²) in [4.78, 5) is 15.2. The van der Waals surface area contributed by atoms with Crippen molar-refractivity contribution in [2.75, 3.05) is 19.6 Å². The fraction of sp³-hybridized carbons (Fsp3) is 0.409. The lowest BCUT2D eigenvalue weighted by Gasteiger charge is -2.22. The molecule has 0 radical (unpaired) electrons. The number of hydrogen-bond acceptors (Lipinski definition) is 3. The molecule has 3 N–H and O–H groups in total. The third-order valence-corrected chi connectivity index (χ3v) is 6.68. The molecule has 2 aromatic heterocycles. The maximum atomic E-state index is 12.0. The summed E-state index contributed by atoms with van der Waals surface area (Å²) >= 11 is 1.87. The zero-order valence-electron chi connectivity index (χ0n) is 15.9. The average molecular weight is 385 g/mol. The molecule has 0 unspecified atom stereocenters. The molecule has 1 aliphatic rings. The van der Waals surface area contributed by atoms with E-state index < -0.39 is 0 Å². The van der Waals surface area contributed by atoms with Gasteiger partial charge in [0.1, 0.15) is 18.7 Å². The molecule has 4 nitrogen and oxygen atoms in total. The van der Waals surface area contributed by atoms with Gasteiger partial charge < -0.3 is 14.6 Å². The van der Waals surface area contributed by atoms with E-state index in [1.54, 1.807) is 11.0 Å². The highest BCUT2D eigenvalue weighted by molar-refractivity contribution is 7.10. The summed E-state index contributed by atoms with van der Waals surface area (Å²) in [5.74, 6) is 0. The van der Waals surface area contributed by atoms with Gasteiger partial charge in [0.05, 0.1) is 18.0 Å². The molecule has 0 spiro atoms. The van der Waals surface area contributed by atoms with Crippen molar-refractivity contribution in [1.29, 1.82) is 0 Å². The minimum absolute atomic E-state index is 0.251.